The van der Waals surface area contributed by atoms with Gasteiger partial charge in [-0.1, -0.05) is 6.42 Å². The lowest BCUT2D eigenvalue weighted by molar-refractivity contribution is -0.797. The van der Waals surface area contributed by atoms with Crippen molar-refractivity contribution in [3.05, 3.63) is 23.3 Å². The standard InChI is InChI=1S/C16H21NO5/c1-21-13-8-11(15(16(18)19)14(9-13)22-2)10-17(20)12-6-4-3-5-7-12/h8-10,12H,3-7H2,1-2H3,(H-,18,19,20)/p+1/b17-10-. The molecule has 0 amide bonds. The summed E-state index contributed by atoms with van der Waals surface area (Å²) in [5.74, 6) is -0.428. The van der Waals surface area contributed by atoms with E-state index in [4.69, 9.17) is 9.47 Å². The van der Waals surface area contributed by atoms with Crippen LogP contribution in [0.2, 0.25) is 0 Å². The molecule has 0 heterocycles. The fraction of sp³-hybridized carbons (Fsp3) is 0.500. The van der Waals surface area contributed by atoms with Crippen molar-refractivity contribution in [2.24, 2.45) is 0 Å². The molecule has 1 aromatic rings. The molecule has 0 saturated heterocycles. The normalized spacial score (nSPS) is 16.4. The number of aromatic carboxylic acids is 1. The van der Waals surface area contributed by atoms with E-state index < -0.39 is 5.97 Å². The maximum absolute atomic E-state index is 11.5. The number of ether oxygens (including phenoxy) is 2. The third-order valence-corrected chi connectivity index (χ3v) is 4.00. The van der Waals surface area contributed by atoms with Crippen LogP contribution in [0.15, 0.2) is 12.1 Å². The second-order valence-electron chi connectivity index (χ2n) is 5.40. The molecule has 0 aliphatic heterocycles. The van der Waals surface area contributed by atoms with Gasteiger partial charge in [0.2, 0.25) is 12.3 Å². The zero-order chi connectivity index (χ0) is 16.1. The van der Waals surface area contributed by atoms with Gasteiger partial charge in [0.25, 0.3) is 0 Å². The molecular formula is C16H22NO5+. The van der Waals surface area contributed by atoms with Crippen molar-refractivity contribution in [1.29, 1.82) is 0 Å². The zero-order valence-electron chi connectivity index (χ0n) is 12.9. The Kier molecular flexibility index (Phi) is 5.25. The minimum absolute atomic E-state index is 0.0122. The van der Waals surface area contributed by atoms with Gasteiger partial charge in [0.1, 0.15) is 17.1 Å². The highest BCUT2D eigenvalue weighted by Gasteiger charge is 2.26. The summed E-state index contributed by atoms with van der Waals surface area (Å²) in [7, 11) is 2.90. The Morgan fingerprint density at radius 1 is 1.23 bits per heavy atom. The molecule has 2 N–H and O–H groups in total. The van der Waals surface area contributed by atoms with Crippen LogP contribution < -0.4 is 9.47 Å². The van der Waals surface area contributed by atoms with Gasteiger partial charge >= 0.3 is 5.97 Å². The number of methoxy groups -OCH3 is 2. The number of carbonyl (C=O) groups is 1. The Hall–Kier alpha value is -2.24. The zero-order valence-corrected chi connectivity index (χ0v) is 12.9. The van der Waals surface area contributed by atoms with E-state index in [0.717, 1.165) is 30.4 Å². The summed E-state index contributed by atoms with van der Waals surface area (Å²) in [6.07, 6.45) is 6.57. The van der Waals surface area contributed by atoms with Crippen LogP contribution in [0.25, 0.3) is 0 Å². The molecule has 0 radical (unpaired) electrons. The van der Waals surface area contributed by atoms with Crippen molar-refractivity contribution in [3.8, 4) is 11.5 Å². The van der Waals surface area contributed by atoms with Crippen molar-refractivity contribution in [3.63, 3.8) is 0 Å². The van der Waals surface area contributed by atoms with Crippen LogP contribution in [0.1, 0.15) is 48.0 Å². The van der Waals surface area contributed by atoms with E-state index in [0.29, 0.717) is 11.3 Å². The van der Waals surface area contributed by atoms with Crippen molar-refractivity contribution >= 4 is 12.2 Å². The lowest BCUT2D eigenvalue weighted by Gasteiger charge is -2.15. The Morgan fingerprint density at radius 2 is 1.91 bits per heavy atom. The maximum Gasteiger partial charge on any atom is 0.340 e. The van der Waals surface area contributed by atoms with Crippen LogP contribution in [0.4, 0.5) is 0 Å². The summed E-state index contributed by atoms with van der Waals surface area (Å²) in [6.45, 7) is 0. The molecule has 1 aromatic carbocycles. The van der Waals surface area contributed by atoms with E-state index in [2.05, 4.69) is 0 Å². The van der Waals surface area contributed by atoms with Crippen LogP contribution in [0.3, 0.4) is 0 Å². The minimum Gasteiger partial charge on any atom is -0.497 e. The van der Waals surface area contributed by atoms with Gasteiger partial charge in [-0.3, -0.25) is 5.21 Å². The molecule has 0 spiro atoms. The number of benzene rings is 1. The van der Waals surface area contributed by atoms with Gasteiger partial charge < -0.3 is 14.6 Å². The largest absolute Gasteiger partial charge is 0.497 e. The predicted octanol–water partition coefficient (Wildman–Crippen LogP) is 2.56. The molecule has 6 heteroatoms. The van der Waals surface area contributed by atoms with Gasteiger partial charge in [-0.2, -0.15) is 0 Å². The van der Waals surface area contributed by atoms with E-state index in [1.807, 2.05) is 0 Å². The van der Waals surface area contributed by atoms with Crippen molar-refractivity contribution in [1.82, 2.24) is 0 Å². The van der Waals surface area contributed by atoms with Gasteiger partial charge in [-0.15, -0.1) is 0 Å². The van der Waals surface area contributed by atoms with Gasteiger partial charge in [0.15, 0.2) is 0 Å². The predicted molar refractivity (Wildman–Crippen MR) is 80.6 cm³/mol. The summed E-state index contributed by atoms with van der Waals surface area (Å²) in [5, 5.41) is 19.7. The molecular weight excluding hydrogens is 286 g/mol. The van der Waals surface area contributed by atoms with E-state index in [1.165, 1.54) is 32.9 Å². The third kappa shape index (κ3) is 3.50. The highest BCUT2D eigenvalue weighted by atomic mass is 16.5. The summed E-state index contributed by atoms with van der Waals surface area (Å²) in [5.41, 5.74) is 0.370. The first kappa shape index (κ1) is 16.1. The molecule has 0 unspecified atom stereocenters. The Labute approximate surface area is 129 Å². The molecule has 1 fully saturated rings. The molecule has 0 aromatic heterocycles. The summed E-state index contributed by atoms with van der Waals surface area (Å²) >= 11 is 0. The van der Waals surface area contributed by atoms with E-state index >= 15 is 0 Å². The number of rotatable bonds is 5. The second kappa shape index (κ2) is 7.15. The fourth-order valence-electron chi connectivity index (χ4n) is 2.81. The maximum atomic E-state index is 11.5. The van der Waals surface area contributed by atoms with Gasteiger partial charge in [-0.25, -0.2) is 4.79 Å². The first-order chi connectivity index (χ1) is 10.6. The monoisotopic (exact) mass is 308 g/mol. The molecule has 22 heavy (non-hydrogen) atoms. The van der Waals surface area contributed by atoms with Crippen LogP contribution in [-0.4, -0.2) is 47.5 Å². The fourth-order valence-corrected chi connectivity index (χ4v) is 2.81. The number of hydrogen-bond acceptors (Lipinski definition) is 4. The average molecular weight is 308 g/mol. The summed E-state index contributed by atoms with van der Waals surface area (Å²) < 4.78 is 11.4. The van der Waals surface area contributed by atoms with Crippen LogP contribution in [0, 0.1) is 0 Å². The van der Waals surface area contributed by atoms with Crippen molar-refractivity contribution < 1.29 is 29.3 Å². The molecule has 1 aliphatic rings. The molecule has 120 valence electrons. The highest BCUT2D eigenvalue weighted by molar-refractivity contribution is 6.00. The lowest BCUT2D eigenvalue weighted by Crippen LogP contribution is -2.27. The number of carboxylic acid groups (broad SMARTS) is 1. The van der Waals surface area contributed by atoms with Gasteiger partial charge in [0, 0.05) is 18.9 Å². The SMILES string of the molecule is COc1cc(/C=[N+](\O)C2CCCCC2)c(C(=O)O)c(OC)c1. The van der Waals surface area contributed by atoms with Gasteiger partial charge in [-0.05, 0) is 23.6 Å². The first-order valence-electron chi connectivity index (χ1n) is 7.38. The number of nitrogens with zero attached hydrogens (tertiary/aromatic N) is 1. The summed E-state index contributed by atoms with van der Waals surface area (Å²) in [6, 6.07) is 3.12. The summed E-state index contributed by atoms with van der Waals surface area (Å²) in [4.78, 5) is 11.5. The average Bonchev–Trinajstić information content (AvgIpc) is 2.54. The van der Waals surface area contributed by atoms with E-state index in [1.54, 1.807) is 6.07 Å². The van der Waals surface area contributed by atoms with E-state index in [-0.39, 0.29) is 17.4 Å². The number of hydroxylamine groups is 1. The van der Waals surface area contributed by atoms with Crippen LogP contribution in [-0.2, 0) is 0 Å². The Morgan fingerprint density at radius 3 is 2.45 bits per heavy atom. The molecule has 1 saturated carbocycles. The van der Waals surface area contributed by atoms with Crippen LogP contribution >= 0.6 is 0 Å². The molecule has 1 aliphatic carbocycles. The Bertz CT molecular complexity index is 576. The number of hydrogen-bond donors (Lipinski definition) is 2. The Balaban J connectivity index is 2.45. The minimum atomic E-state index is -1.11. The van der Waals surface area contributed by atoms with Crippen LogP contribution in [0.5, 0.6) is 11.5 Å². The number of carboxylic acids is 1. The molecule has 6 nitrogen and oxygen atoms in total. The third-order valence-electron chi connectivity index (χ3n) is 4.00. The molecule has 0 bridgehead atoms. The molecule has 0 atom stereocenters. The highest BCUT2D eigenvalue weighted by Crippen LogP contribution is 2.28. The van der Waals surface area contributed by atoms with Crippen molar-refractivity contribution in [2.45, 2.75) is 38.1 Å². The van der Waals surface area contributed by atoms with Crippen molar-refractivity contribution in [2.75, 3.05) is 14.2 Å². The topological polar surface area (TPSA) is 79.0 Å². The lowest BCUT2D eigenvalue weighted by atomic mass is 9.95. The smallest absolute Gasteiger partial charge is 0.340 e. The molecule has 2 rings (SSSR count). The van der Waals surface area contributed by atoms with Gasteiger partial charge in [0.05, 0.1) is 19.8 Å². The first-order valence-corrected chi connectivity index (χ1v) is 7.38. The van der Waals surface area contributed by atoms with E-state index in [9.17, 15) is 15.1 Å². The second-order valence-corrected chi connectivity index (χ2v) is 5.40. The quantitative estimate of drug-likeness (QED) is 0.378.